The smallest absolute Gasteiger partial charge is 0.216 e. The topological polar surface area (TPSA) is 49.2 Å². The van der Waals surface area contributed by atoms with Gasteiger partial charge in [0.25, 0.3) is 0 Å². The first-order valence-corrected chi connectivity index (χ1v) is 9.44. The molecule has 0 unspecified atom stereocenters. The van der Waals surface area contributed by atoms with Crippen LogP contribution in [0.15, 0.2) is 53.6 Å². The standard InChI is InChI=1S/C20H20FN5S/c21-17-8-6-16(7-9-17)19-23-24-20(27)26(19)22-14-15-4-10-18(11-5-15)25-12-2-1-3-13-25/h4-11,14H,1-3,12-13H2,(H,24,27)/b22-14-. The second-order valence-corrected chi connectivity index (χ2v) is 6.94. The average Bonchev–Trinajstić information content (AvgIpc) is 3.08. The van der Waals surface area contributed by atoms with Crippen molar-refractivity contribution in [1.29, 1.82) is 0 Å². The summed E-state index contributed by atoms with van der Waals surface area (Å²) in [6, 6.07) is 14.4. The fraction of sp³-hybridized carbons (Fsp3) is 0.250. The lowest BCUT2D eigenvalue weighted by Crippen LogP contribution is -2.29. The number of aromatic amines is 1. The minimum absolute atomic E-state index is 0.295. The highest BCUT2D eigenvalue weighted by molar-refractivity contribution is 7.71. The predicted octanol–water partition coefficient (Wildman–Crippen LogP) is 4.62. The highest BCUT2D eigenvalue weighted by Crippen LogP contribution is 2.20. The molecule has 0 aliphatic carbocycles. The van der Waals surface area contributed by atoms with Crippen molar-refractivity contribution in [2.75, 3.05) is 18.0 Å². The van der Waals surface area contributed by atoms with E-state index in [9.17, 15) is 4.39 Å². The van der Waals surface area contributed by atoms with Gasteiger partial charge in [-0.15, -0.1) is 0 Å². The van der Waals surface area contributed by atoms with Crippen LogP contribution in [0.1, 0.15) is 24.8 Å². The van der Waals surface area contributed by atoms with Gasteiger partial charge in [-0.1, -0.05) is 12.1 Å². The van der Waals surface area contributed by atoms with E-state index in [1.807, 2.05) is 0 Å². The van der Waals surface area contributed by atoms with E-state index in [1.165, 1.54) is 37.1 Å². The molecule has 2 heterocycles. The average molecular weight is 381 g/mol. The number of hydrogen-bond acceptors (Lipinski definition) is 4. The zero-order valence-electron chi connectivity index (χ0n) is 14.8. The van der Waals surface area contributed by atoms with Gasteiger partial charge in [-0.2, -0.15) is 14.9 Å². The lowest BCUT2D eigenvalue weighted by atomic mass is 10.1. The van der Waals surface area contributed by atoms with E-state index in [1.54, 1.807) is 23.0 Å². The molecule has 1 aliphatic heterocycles. The molecule has 0 atom stereocenters. The number of piperidine rings is 1. The third-order valence-electron chi connectivity index (χ3n) is 4.69. The quantitative estimate of drug-likeness (QED) is 0.530. The summed E-state index contributed by atoms with van der Waals surface area (Å²) in [7, 11) is 0. The molecular weight excluding hydrogens is 361 g/mol. The Morgan fingerprint density at radius 1 is 1.00 bits per heavy atom. The van der Waals surface area contributed by atoms with Crippen LogP contribution < -0.4 is 4.90 Å². The lowest BCUT2D eigenvalue weighted by Gasteiger charge is -2.28. The van der Waals surface area contributed by atoms with Crippen LogP contribution in [-0.2, 0) is 0 Å². The molecular formula is C20H20FN5S. The summed E-state index contributed by atoms with van der Waals surface area (Å²) in [6.07, 6.45) is 5.59. The summed E-state index contributed by atoms with van der Waals surface area (Å²) in [6.45, 7) is 2.25. The third kappa shape index (κ3) is 3.98. The fourth-order valence-corrected chi connectivity index (χ4v) is 3.41. The molecule has 1 saturated heterocycles. The minimum Gasteiger partial charge on any atom is -0.372 e. The number of aromatic nitrogens is 3. The molecule has 138 valence electrons. The Bertz CT molecular complexity index is 982. The predicted molar refractivity (Wildman–Crippen MR) is 108 cm³/mol. The number of halogens is 1. The second-order valence-electron chi connectivity index (χ2n) is 6.55. The van der Waals surface area contributed by atoms with Crippen molar-refractivity contribution in [1.82, 2.24) is 14.9 Å². The van der Waals surface area contributed by atoms with Crippen LogP contribution in [0.4, 0.5) is 10.1 Å². The van der Waals surface area contributed by atoms with Gasteiger partial charge in [-0.05, 0) is 73.4 Å². The Kier molecular flexibility index (Phi) is 5.11. The van der Waals surface area contributed by atoms with E-state index in [0.29, 0.717) is 10.6 Å². The second kappa shape index (κ2) is 7.84. The highest BCUT2D eigenvalue weighted by Gasteiger charge is 2.11. The van der Waals surface area contributed by atoms with Gasteiger partial charge in [0.1, 0.15) is 5.82 Å². The number of benzene rings is 2. The third-order valence-corrected chi connectivity index (χ3v) is 4.95. The van der Waals surface area contributed by atoms with Crippen LogP contribution in [0, 0.1) is 10.6 Å². The van der Waals surface area contributed by atoms with Crippen LogP contribution in [0.5, 0.6) is 0 Å². The number of nitrogens with zero attached hydrogens (tertiary/aromatic N) is 4. The number of hydrogen-bond donors (Lipinski definition) is 1. The number of nitrogens with one attached hydrogen (secondary N) is 1. The highest BCUT2D eigenvalue weighted by atomic mass is 32.1. The SMILES string of the molecule is Fc1ccc(-c2n[nH]c(=S)n2/N=C\c2ccc(N3CCCCC3)cc2)cc1. The first kappa shape index (κ1) is 17.6. The van der Waals surface area contributed by atoms with Gasteiger partial charge in [-0.3, -0.25) is 0 Å². The Morgan fingerprint density at radius 3 is 2.41 bits per heavy atom. The van der Waals surface area contributed by atoms with E-state index < -0.39 is 0 Å². The molecule has 2 aromatic carbocycles. The Balaban J connectivity index is 1.55. The zero-order chi connectivity index (χ0) is 18.6. The molecule has 27 heavy (non-hydrogen) atoms. The van der Waals surface area contributed by atoms with Crippen LogP contribution in [0.2, 0.25) is 0 Å². The number of H-pyrrole nitrogens is 1. The maximum atomic E-state index is 13.2. The van der Waals surface area contributed by atoms with Gasteiger partial charge in [0.15, 0.2) is 5.82 Å². The molecule has 1 fully saturated rings. The molecule has 5 nitrogen and oxygen atoms in total. The molecule has 0 radical (unpaired) electrons. The van der Waals surface area contributed by atoms with Gasteiger partial charge in [-0.25, -0.2) is 9.49 Å². The monoisotopic (exact) mass is 381 g/mol. The van der Waals surface area contributed by atoms with Crippen molar-refractivity contribution in [3.63, 3.8) is 0 Å². The van der Waals surface area contributed by atoms with Gasteiger partial charge in [0.2, 0.25) is 4.77 Å². The first-order valence-electron chi connectivity index (χ1n) is 9.03. The van der Waals surface area contributed by atoms with Crippen molar-refractivity contribution in [2.24, 2.45) is 5.10 Å². The first-order chi connectivity index (χ1) is 13.2. The van der Waals surface area contributed by atoms with Crippen LogP contribution >= 0.6 is 12.2 Å². The van der Waals surface area contributed by atoms with Gasteiger partial charge >= 0.3 is 0 Å². The molecule has 3 aromatic rings. The van der Waals surface area contributed by atoms with Crippen molar-refractivity contribution >= 4 is 24.1 Å². The Labute approximate surface area is 162 Å². The van der Waals surface area contributed by atoms with Crippen molar-refractivity contribution < 1.29 is 4.39 Å². The Hall–Kier alpha value is -2.80. The molecule has 7 heteroatoms. The van der Waals surface area contributed by atoms with Gasteiger partial charge < -0.3 is 4.90 Å². The van der Waals surface area contributed by atoms with Crippen LogP contribution in [0.25, 0.3) is 11.4 Å². The summed E-state index contributed by atoms with van der Waals surface area (Å²) in [5, 5.41) is 11.4. The van der Waals surface area contributed by atoms with Crippen LogP contribution in [-0.4, -0.2) is 34.2 Å². The van der Waals surface area contributed by atoms with E-state index in [4.69, 9.17) is 12.2 Å². The van der Waals surface area contributed by atoms with Crippen molar-refractivity contribution in [3.8, 4) is 11.4 Å². The number of anilines is 1. The van der Waals surface area contributed by atoms with Crippen LogP contribution in [0.3, 0.4) is 0 Å². The van der Waals surface area contributed by atoms with Crippen molar-refractivity contribution in [3.05, 3.63) is 64.7 Å². The lowest BCUT2D eigenvalue weighted by molar-refractivity contribution is 0.578. The molecule has 1 N–H and O–H groups in total. The maximum absolute atomic E-state index is 13.2. The fourth-order valence-electron chi connectivity index (χ4n) is 3.23. The molecule has 0 amide bonds. The van der Waals surface area contributed by atoms with Gasteiger partial charge in [0.05, 0.1) is 6.21 Å². The van der Waals surface area contributed by atoms with Gasteiger partial charge in [0, 0.05) is 24.3 Å². The van der Waals surface area contributed by atoms with E-state index in [0.717, 1.165) is 24.2 Å². The number of rotatable bonds is 4. The molecule has 0 spiro atoms. The molecule has 0 saturated carbocycles. The van der Waals surface area contributed by atoms with Crippen molar-refractivity contribution in [2.45, 2.75) is 19.3 Å². The molecule has 1 aromatic heterocycles. The molecule has 1 aliphatic rings. The van der Waals surface area contributed by atoms with E-state index in [2.05, 4.69) is 44.5 Å². The van der Waals surface area contributed by atoms with E-state index in [-0.39, 0.29) is 5.82 Å². The maximum Gasteiger partial charge on any atom is 0.216 e. The normalized spacial score (nSPS) is 14.8. The summed E-state index contributed by atoms with van der Waals surface area (Å²) in [4.78, 5) is 2.42. The summed E-state index contributed by atoms with van der Waals surface area (Å²) >= 11 is 5.27. The summed E-state index contributed by atoms with van der Waals surface area (Å²) < 4.78 is 15.1. The molecule has 4 rings (SSSR count). The largest absolute Gasteiger partial charge is 0.372 e. The zero-order valence-corrected chi connectivity index (χ0v) is 15.6. The van der Waals surface area contributed by atoms with E-state index >= 15 is 0 Å². The Morgan fingerprint density at radius 2 is 1.70 bits per heavy atom. The summed E-state index contributed by atoms with van der Waals surface area (Å²) in [5.74, 6) is 0.248. The minimum atomic E-state index is -0.295. The molecule has 0 bridgehead atoms. The summed E-state index contributed by atoms with van der Waals surface area (Å²) in [5.41, 5.74) is 2.96.